The Kier molecular flexibility index (Phi) is 9.15. The molecule has 0 aromatic heterocycles. The third-order valence-corrected chi connectivity index (χ3v) is 6.88. The Morgan fingerprint density at radius 3 is 2.32 bits per heavy atom. The van der Waals surface area contributed by atoms with Gasteiger partial charge in [-0.3, -0.25) is 4.79 Å². The number of hydrogen-bond donors (Lipinski definition) is 1. The zero-order valence-corrected chi connectivity index (χ0v) is 17.5. The van der Waals surface area contributed by atoms with Crippen LogP contribution in [-0.2, 0) is 14.8 Å². The Hall–Kier alpha value is -1.70. The molecule has 0 unspecified atom stereocenters. The number of rotatable bonds is 9. The lowest BCUT2D eigenvalue weighted by atomic mass is 10.2. The predicted molar refractivity (Wildman–Crippen MR) is 111 cm³/mol. The summed E-state index contributed by atoms with van der Waals surface area (Å²) in [7, 11) is -3.46. The zero-order valence-electron chi connectivity index (χ0n) is 16.7. The molecule has 0 saturated carbocycles. The normalized spacial score (nSPS) is 16.2. The zero-order chi connectivity index (χ0) is 20.4. The number of unbranched alkanes of at least 4 members (excludes halogenated alkanes) is 1. The SMILES string of the molecule is CCCCN(CCO)C(=O)/C=C/c1ccc(S(=O)(=O)N2CCCCCC2)cc1. The number of hydrogen-bond acceptors (Lipinski definition) is 4. The number of aliphatic hydroxyl groups is 1. The number of carbonyl (C=O) groups is 1. The van der Waals surface area contributed by atoms with Gasteiger partial charge in [-0.2, -0.15) is 4.31 Å². The molecule has 2 rings (SSSR count). The van der Waals surface area contributed by atoms with Gasteiger partial charge in [0.15, 0.2) is 0 Å². The Bertz CT molecular complexity index is 736. The predicted octanol–water partition coefficient (Wildman–Crippen LogP) is 2.89. The quantitative estimate of drug-likeness (QED) is 0.638. The molecule has 0 aliphatic carbocycles. The smallest absolute Gasteiger partial charge is 0.246 e. The fourth-order valence-electron chi connectivity index (χ4n) is 3.26. The topological polar surface area (TPSA) is 77.9 Å². The maximum Gasteiger partial charge on any atom is 0.246 e. The van der Waals surface area contributed by atoms with E-state index in [1.807, 2.05) is 0 Å². The van der Waals surface area contributed by atoms with E-state index in [0.717, 1.165) is 44.1 Å². The minimum Gasteiger partial charge on any atom is -0.395 e. The third-order valence-electron chi connectivity index (χ3n) is 4.96. The molecule has 0 atom stereocenters. The molecule has 1 fully saturated rings. The van der Waals surface area contributed by atoms with E-state index < -0.39 is 10.0 Å². The molecule has 1 aliphatic rings. The molecule has 0 radical (unpaired) electrons. The monoisotopic (exact) mass is 408 g/mol. The second-order valence-electron chi connectivity index (χ2n) is 7.12. The number of carbonyl (C=O) groups excluding carboxylic acids is 1. The Balaban J connectivity index is 2.04. The van der Waals surface area contributed by atoms with Crippen molar-refractivity contribution in [2.24, 2.45) is 0 Å². The molecule has 1 aromatic rings. The largest absolute Gasteiger partial charge is 0.395 e. The van der Waals surface area contributed by atoms with Crippen molar-refractivity contribution in [2.75, 3.05) is 32.8 Å². The van der Waals surface area contributed by atoms with E-state index in [1.54, 1.807) is 39.5 Å². The van der Waals surface area contributed by atoms with Crippen LogP contribution in [0.1, 0.15) is 51.0 Å². The van der Waals surface area contributed by atoms with Crippen molar-refractivity contribution < 1.29 is 18.3 Å². The average molecular weight is 409 g/mol. The van der Waals surface area contributed by atoms with E-state index in [2.05, 4.69) is 6.92 Å². The van der Waals surface area contributed by atoms with Crippen LogP contribution in [0.5, 0.6) is 0 Å². The molecule has 6 nitrogen and oxygen atoms in total. The van der Waals surface area contributed by atoms with Gasteiger partial charge in [0.1, 0.15) is 0 Å². The first-order valence-electron chi connectivity index (χ1n) is 10.2. The summed E-state index contributed by atoms with van der Waals surface area (Å²) < 4.78 is 27.2. The highest BCUT2D eigenvalue weighted by atomic mass is 32.2. The highest BCUT2D eigenvalue weighted by molar-refractivity contribution is 7.89. The van der Waals surface area contributed by atoms with Crippen LogP contribution in [0.25, 0.3) is 6.08 Å². The van der Waals surface area contributed by atoms with Crippen molar-refractivity contribution in [3.05, 3.63) is 35.9 Å². The van der Waals surface area contributed by atoms with Gasteiger partial charge in [-0.05, 0) is 43.0 Å². The Morgan fingerprint density at radius 1 is 1.11 bits per heavy atom. The molecule has 1 amide bonds. The molecule has 0 spiro atoms. The first-order valence-corrected chi connectivity index (χ1v) is 11.6. The fraction of sp³-hybridized carbons (Fsp3) is 0.571. The van der Waals surface area contributed by atoms with Crippen molar-refractivity contribution in [1.29, 1.82) is 0 Å². The first-order chi connectivity index (χ1) is 13.5. The van der Waals surface area contributed by atoms with Gasteiger partial charge in [-0.1, -0.05) is 38.3 Å². The van der Waals surface area contributed by atoms with E-state index in [4.69, 9.17) is 5.11 Å². The molecule has 28 heavy (non-hydrogen) atoms. The van der Waals surface area contributed by atoms with Crippen molar-refractivity contribution in [2.45, 2.75) is 50.3 Å². The lowest BCUT2D eigenvalue weighted by Gasteiger charge is -2.20. The fourth-order valence-corrected chi connectivity index (χ4v) is 4.77. The summed E-state index contributed by atoms with van der Waals surface area (Å²) in [4.78, 5) is 14.2. The van der Waals surface area contributed by atoms with Crippen LogP contribution < -0.4 is 0 Å². The number of amides is 1. The van der Waals surface area contributed by atoms with Crippen molar-refractivity contribution in [1.82, 2.24) is 9.21 Å². The summed E-state index contributed by atoms with van der Waals surface area (Å²) in [6.07, 6.45) is 9.00. The van der Waals surface area contributed by atoms with Crippen LogP contribution in [0.2, 0.25) is 0 Å². The molecule has 7 heteroatoms. The number of nitrogens with zero attached hydrogens (tertiary/aromatic N) is 2. The van der Waals surface area contributed by atoms with Gasteiger partial charge in [0.05, 0.1) is 11.5 Å². The summed E-state index contributed by atoms with van der Waals surface area (Å²) in [5, 5.41) is 9.12. The standard InChI is InChI=1S/C21H32N2O4S/c1-2-3-14-22(17-18-24)21(25)13-10-19-8-11-20(12-9-19)28(26,27)23-15-6-4-5-7-16-23/h8-13,24H,2-7,14-18H2,1H3/b13-10+. The molecule has 0 bridgehead atoms. The summed E-state index contributed by atoms with van der Waals surface area (Å²) in [6, 6.07) is 6.65. The van der Waals surface area contributed by atoms with Crippen LogP contribution in [0.3, 0.4) is 0 Å². The van der Waals surface area contributed by atoms with Gasteiger partial charge in [0.2, 0.25) is 15.9 Å². The molecular formula is C21H32N2O4S. The highest BCUT2D eigenvalue weighted by Gasteiger charge is 2.24. The molecule has 156 valence electrons. The first kappa shape index (κ1) is 22.6. The van der Waals surface area contributed by atoms with Crippen LogP contribution in [0.15, 0.2) is 35.2 Å². The minimum atomic E-state index is -3.46. The molecular weight excluding hydrogens is 376 g/mol. The summed E-state index contributed by atoms with van der Waals surface area (Å²) in [5.74, 6) is -0.149. The van der Waals surface area contributed by atoms with Crippen LogP contribution in [0.4, 0.5) is 0 Å². The van der Waals surface area contributed by atoms with E-state index in [1.165, 1.54) is 6.08 Å². The van der Waals surface area contributed by atoms with E-state index in [0.29, 0.717) is 31.1 Å². The Morgan fingerprint density at radius 2 is 1.75 bits per heavy atom. The molecule has 1 aromatic carbocycles. The number of aliphatic hydroxyl groups excluding tert-OH is 1. The second kappa shape index (κ2) is 11.3. The van der Waals surface area contributed by atoms with E-state index in [-0.39, 0.29) is 12.5 Å². The summed E-state index contributed by atoms with van der Waals surface area (Å²) in [5.41, 5.74) is 0.766. The van der Waals surface area contributed by atoms with Crippen LogP contribution >= 0.6 is 0 Å². The van der Waals surface area contributed by atoms with E-state index in [9.17, 15) is 13.2 Å². The summed E-state index contributed by atoms with van der Waals surface area (Å²) >= 11 is 0. The lowest BCUT2D eigenvalue weighted by Crippen LogP contribution is -2.33. The maximum absolute atomic E-state index is 12.8. The van der Waals surface area contributed by atoms with Crippen molar-refractivity contribution in [3.8, 4) is 0 Å². The Labute approximate surface area is 168 Å². The molecule has 1 N–H and O–H groups in total. The average Bonchev–Trinajstić information content (AvgIpc) is 3.00. The van der Waals surface area contributed by atoms with Crippen LogP contribution in [0, 0.1) is 0 Å². The number of benzene rings is 1. The van der Waals surface area contributed by atoms with Gasteiger partial charge in [0, 0.05) is 32.3 Å². The second-order valence-corrected chi connectivity index (χ2v) is 9.06. The molecule has 1 heterocycles. The van der Waals surface area contributed by atoms with Gasteiger partial charge in [-0.25, -0.2) is 8.42 Å². The van der Waals surface area contributed by atoms with Gasteiger partial charge in [0.25, 0.3) is 0 Å². The minimum absolute atomic E-state index is 0.0631. The van der Waals surface area contributed by atoms with Crippen molar-refractivity contribution in [3.63, 3.8) is 0 Å². The van der Waals surface area contributed by atoms with E-state index >= 15 is 0 Å². The lowest BCUT2D eigenvalue weighted by molar-refractivity contribution is -0.126. The summed E-state index contributed by atoms with van der Waals surface area (Å²) in [6.45, 7) is 4.09. The van der Waals surface area contributed by atoms with Gasteiger partial charge < -0.3 is 10.0 Å². The van der Waals surface area contributed by atoms with Gasteiger partial charge in [-0.15, -0.1) is 0 Å². The third kappa shape index (κ3) is 6.43. The van der Waals surface area contributed by atoms with Crippen LogP contribution in [-0.4, -0.2) is 61.4 Å². The highest BCUT2D eigenvalue weighted by Crippen LogP contribution is 2.21. The number of sulfonamides is 1. The van der Waals surface area contributed by atoms with Crippen molar-refractivity contribution >= 4 is 22.0 Å². The maximum atomic E-state index is 12.8. The molecule has 1 aliphatic heterocycles. The van der Waals surface area contributed by atoms with Gasteiger partial charge >= 0.3 is 0 Å². The molecule has 1 saturated heterocycles.